The average molecular weight is 305 g/mol. The van der Waals surface area contributed by atoms with Crippen LogP contribution in [0.1, 0.15) is 25.6 Å². The summed E-state index contributed by atoms with van der Waals surface area (Å²) in [6.45, 7) is 5.97. The van der Waals surface area contributed by atoms with E-state index in [1.165, 1.54) is 11.3 Å². The fourth-order valence-corrected chi connectivity index (χ4v) is 3.16. The third-order valence-corrected chi connectivity index (χ3v) is 4.47. The van der Waals surface area contributed by atoms with Gasteiger partial charge in [-0.1, -0.05) is 32.9 Å². The van der Waals surface area contributed by atoms with Gasteiger partial charge in [0.25, 0.3) is 0 Å². The van der Waals surface area contributed by atoms with Crippen LogP contribution in [0.15, 0.2) is 30.3 Å². The normalized spacial score (nSPS) is 10.3. The van der Waals surface area contributed by atoms with Gasteiger partial charge in [-0.05, 0) is 24.6 Å². The summed E-state index contributed by atoms with van der Waals surface area (Å²) in [5.41, 5.74) is 1.88. The van der Waals surface area contributed by atoms with Gasteiger partial charge in [-0.25, -0.2) is 4.39 Å². The Morgan fingerprint density at radius 2 is 2.00 bits per heavy atom. The summed E-state index contributed by atoms with van der Waals surface area (Å²) in [4.78, 5) is 5.03. The summed E-state index contributed by atoms with van der Waals surface area (Å²) in [5.74, 6) is 0.685. The van der Waals surface area contributed by atoms with Crippen LogP contribution in [-0.4, -0.2) is 12.1 Å². The molecular weight excluding hydrogens is 285 g/mol. The number of thiophene rings is 1. The highest BCUT2D eigenvalue weighted by Crippen LogP contribution is 2.34. The molecule has 2 nitrogen and oxygen atoms in total. The zero-order valence-corrected chi connectivity index (χ0v) is 13.6. The molecule has 0 radical (unpaired) electrons. The van der Waals surface area contributed by atoms with Gasteiger partial charge in [-0.2, -0.15) is 0 Å². The molecule has 1 N–H and O–H groups in total. The van der Waals surface area contributed by atoms with E-state index in [4.69, 9.17) is 4.74 Å². The number of rotatable bonds is 3. The van der Waals surface area contributed by atoms with E-state index >= 15 is 0 Å². The second-order valence-electron chi connectivity index (χ2n) is 4.34. The van der Waals surface area contributed by atoms with Crippen molar-refractivity contribution in [2.24, 2.45) is 0 Å². The van der Waals surface area contributed by atoms with E-state index in [-0.39, 0.29) is 5.82 Å². The number of fused-ring (bicyclic) bond motifs is 1. The lowest BCUT2D eigenvalue weighted by Gasteiger charge is -1.99. The Bertz CT molecular complexity index is 730. The molecular formula is C17H20FNOS. The van der Waals surface area contributed by atoms with E-state index in [0.29, 0.717) is 0 Å². The number of hydrogen-bond acceptors (Lipinski definition) is 2. The topological polar surface area (TPSA) is 25.0 Å². The smallest absolute Gasteiger partial charge is 0.142 e. The molecule has 0 amide bonds. The third-order valence-electron chi connectivity index (χ3n) is 3.18. The lowest BCUT2D eigenvalue weighted by atomic mass is 10.2. The molecule has 0 spiro atoms. The first-order valence-corrected chi connectivity index (χ1v) is 7.99. The van der Waals surface area contributed by atoms with Crippen molar-refractivity contribution in [3.63, 3.8) is 0 Å². The molecule has 2 aromatic heterocycles. The summed E-state index contributed by atoms with van der Waals surface area (Å²) < 4.78 is 19.0. The largest absolute Gasteiger partial charge is 0.495 e. The van der Waals surface area contributed by atoms with Crippen LogP contribution in [0, 0.1) is 5.82 Å². The predicted octanol–water partition coefficient (Wildman–Crippen LogP) is 5.63. The van der Waals surface area contributed by atoms with Crippen molar-refractivity contribution in [1.82, 2.24) is 4.98 Å². The first-order valence-electron chi connectivity index (χ1n) is 7.17. The maximum absolute atomic E-state index is 13.7. The van der Waals surface area contributed by atoms with Gasteiger partial charge in [-0.3, -0.25) is 0 Å². The van der Waals surface area contributed by atoms with E-state index in [0.717, 1.165) is 38.5 Å². The molecule has 21 heavy (non-hydrogen) atoms. The molecule has 0 saturated carbocycles. The first kappa shape index (κ1) is 15.6. The lowest BCUT2D eigenvalue weighted by Crippen LogP contribution is -1.83. The van der Waals surface area contributed by atoms with E-state index in [1.807, 2.05) is 45.0 Å². The average Bonchev–Trinajstić information content (AvgIpc) is 3.11. The van der Waals surface area contributed by atoms with Crippen molar-refractivity contribution >= 4 is 22.2 Å². The SMILES string of the molecule is CC.CCc1sc(-c2cc3cccc(OC)c3[nH]2)cc1F. The van der Waals surface area contributed by atoms with Crippen molar-refractivity contribution in [2.45, 2.75) is 27.2 Å². The Morgan fingerprint density at radius 1 is 1.24 bits per heavy atom. The van der Waals surface area contributed by atoms with Gasteiger partial charge < -0.3 is 9.72 Å². The molecule has 0 aliphatic carbocycles. The molecule has 1 aromatic carbocycles. The number of methoxy groups -OCH3 is 1. The number of benzene rings is 1. The minimum Gasteiger partial charge on any atom is -0.495 e. The maximum Gasteiger partial charge on any atom is 0.142 e. The fraction of sp³-hybridized carbons (Fsp3) is 0.294. The van der Waals surface area contributed by atoms with Crippen LogP contribution in [0.3, 0.4) is 0 Å². The second kappa shape index (κ2) is 6.76. The van der Waals surface area contributed by atoms with Crippen LogP contribution in [0.25, 0.3) is 21.5 Å². The minimum absolute atomic E-state index is 0.117. The Morgan fingerprint density at radius 3 is 2.62 bits per heavy atom. The molecule has 0 saturated heterocycles. The summed E-state index contributed by atoms with van der Waals surface area (Å²) in [7, 11) is 1.65. The van der Waals surface area contributed by atoms with Crippen molar-refractivity contribution in [1.29, 1.82) is 0 Å². The second-order valence-corrected chi connectivity index (χ2v) is 5.48. The molecule has 0 bridgehead atoms. The highest BCUT2D eigenvalue weighted by molar-refractivity contribution is 7.15. The minimum atomic E-state index is -0.117. The van der Waals surface area contributed by atoms with Crippen molar-refractivity contribution < 1.29 is 9.13 Å². The molecule has 0 fully saturated rings. The zero-order chi connectivity index (χ0) is 15.4. The van der Waals surface area contributed by atoms with Gasteiger partial charge in [0.1, 0.15) is 11.6 Å². The van der Waals surface area contributed by atoms with Crippen molar-refractivity contribution in [3.05, 3.63) is 41.0 Å². The summed E-state index contributed by atoms with van der Waals surface area (Å²) in [5, 5.41) is 1.07. The Labute approximate surface area is 128 Å². The third kappa shape index (κ3) is 2.95. The van der Waals surface area contributed by atoms with Crippen LogP contribution < -0.4 is 4.74 Å². The number of nitrogens with one attached hydrogen (secondary N) is 1. The number of aryl methyl sites for hydroxylation is 1. The summed E-state index contributed by atoms with van der Waals surface area (Å²) in [6, 6.07) is 9.51. The molecule has 112 valence electrons. The molecule has 3 rings (SSSR count). The van der Waals surface area contributed by atoms with E-state index in [1.54, 1.807) is 13.2 Å². The molecule has 0 aliphatic rings. The first-order chi connectivity index (χ1) is 10.2. The molecule has 0 unspecified atom stereocenters. The van der Waals surface area contributed by atoms with Crippen LogP contribution >= 0.6 is 11.3 Å². The Hall–Kier alpha value is -1.81. The van der Waals surface area contributed by atoms with Gasteiger partial charge in [-0.15, -0.1) is 11.3 Å². The number of ether oxygens (including phenoxy) is 1. The number of aromatic amines is 1. The van der Waals surface area contributed by atoms with Crippen molar-refractivity contribution in [2.75, 3.05) is 7.11 Å². The molecule has 3 aromatic rings. The molecule has 4 heteroatoms. The molecule has 0 aliphatic heterocycles. The Balaban J connectivity index is 0.000000774. The van der Waals surface area contributed by atoms with Crippen molar-refractivity contribution in [3.8, 4) is 16.3 Å². The van der Waals surface area contributed by atoms with Gasteiger partial charge in [0.2, 0.25) is 0 Å². The number of para-hydroxylation sites is 1. The standard InChI is InChI=1S/C15H14FNOS.C2H6/c1-3-13-10(16)8-14(19-13)11-7-9-5-4-6-12(18-2)15(9)17-11;1-2/h4-8,17H,3H2,1-2H3;1-2H3. The highest BCUT2D eigenvalue weighted by Gasteiger charge is 2.12. The number of aromatic nitrogens is 1. The summed E-state index contributed by atoms with van der Waals surface area (Å²) >= 11 is 1.49. The zero-order valence-electron chi connectivity index (χ0n) is 12.8. The lowest BCUT2D eigenvalue weighted by molar-refractivity contribution is 0.419. The van der Waals surface area contributed by atoms with Crippen LogP contribution in [-0.2, 0) is 6.42 Å². The van der Waals surface area contributed by atoms with Crippen LogP contribution in [0.2, 0.25) is 0 Å². The number of halogens is 1. The highest BCUT2D eigenvalue weighted by atomic mass is 32.1. The quantitative estimate of drug-likeness (QED) is 0.666. The molecule has 2 heterocycles. The summed E-state index contributed by atoms with van der Waals surface area (Å²) in [6.07, 6.45) is 0.722. The van der Waals surface area contributed by atoms with Crippen LogP contribution in [0.5, 0.6) is 5.75 Å². The van der Waals surface area contributed by atoms with Crippen LogP contribution in [0.4, 0.5) is 4.39 Å². The van der Waals surface area contributed by atoms with E-state index in [2.05, 4.69) is 4.98 Å². The van der Waals surface area contributed by atoms with Gasteiger partial charge in [0, 0.05) is 10.3 Å². The van der Waals surface area contributed by atoms with Gasteiger partial charge in [0.05, 0.1) is 23.2 Å². The van der Waals surface area contributed by atoms with Gasteiger partial charge >= 0.3 is 0 Å². The number of hydrogen-bond donors (Lipinski definition) is 1. The maximum atomic E-state index is 13.7. The Kier molecular flexibility index (Phi) is 5.02. The van der Waals surface area contributed by atoms with E-state index < -0.39 is 0 Å². The van der Waals surface area contributed by atoms with Gasteiger partial charge in [0.15, 0.2) is 0 Å². The van der Waals surface area contributed by atoms with E-state index in [9.17, 15) is 4.39 Å². The monoisotopic (exact) mass is 305 g/mol. The predicted molar refractivity (Wildman–Crippen MR) is 88.8 cm³/mol. The number of H-pyrrole nitrogens is 1. The fourth-order valence-electron chi connectivity index (χ4n) is 2.21. The molecule has 0 atom stereocenters.